The zero-order valence-electron chi connectivity index (χ0n) is 11.5. The van der Waals surface area contributed by atoms with Crippen molar-refractivity contribution >= 4 is 23.4 Å². The van der Waals surface area contributed by atoms with Gasteiger partial charge in [0.25, 0.3) is 0 Å². The van der Waals surface area contributed by atoms with Gasteiger partial charge in [-0.1, -0.05) is 11.6 Å². The highest BCUT2D eigenvalue weighted by molar-refractivity contribution is 6.30. The average molecular weight is 298 g/mol. The average Bonchev–Trinajstić information content (AvgIpc) is 2.45. The summed E-state index contributed by atoms with van der Waals surface area (Å²) in [6.45, 7) is 4.88. The minimum absolute atomic E-state index is 0.272. The number of carboxylic acid groups (broad SMARTS) is 1. The van der Waals surface area contributed by atoms with Crippen LogP contribution < -0.4 is 4.90 Å². The molecule has 6 heteroatoms. The van der Waals surface area contributed by atoms with Crippen LogP contribution in [0.1, 0.15) is 19.3 Å². The Bertz CT molecular complexity index is 431. The summed E-state index contributed by atoms with van der Waals surface area (Å²) in [6, 6.07) is 3.81. The molecule has 1 aliphatic heterocycles. The Hall–Kier alpha value is -1.33. The third-order valence-electron chi connectivity index (χ3n) is 3.52. The first-order valence-corrected chi connectivity index (χ1v) is 7.33. The van der Waals surface area contributed by atoms with Gasteiger partial charge in [0.05, 0.1) is 5.02 Å². The second-order valence-corrected chi connectivity index (χ2v) is 5.45. The fraction of sp³-hybridized carbons (Fsp3) is 0.571. The first-order valence-electron chi connectivity index (χ1n) is 6.96. The van der Waals surface area contributed by atoms with E-state index in [4.69, 9.17) is 16.7 Å². The molecule has 0 unspecified atom stereocenters. The maximum atomic E-state index is 10.4. The number of halogens is 1. The van der Waals surface area contributed by atoms with E-state index in [1.165, 1.54) is 0 Å². The van der Waals surface area contributed by atoms with Crippen molar-refractivity contribution in [3.8, 4) is 0 Å². The van der Waals surface area contributed by atoms with Gasteiger partial charge in [-0.15, -0.1) is 0 Å². The number of aromatic nitrogens is 1. The van der Waals surface area contributed by atoms with Crippen LogP contribution in [0.25, 0.3) is 0 Å². The van der Waals surface area contributed by atoms with Gasteiger partial charge in [-0.05, 0) is 31.5 Å². The lowest BCUT2D eigenvalue weighted by Crippen LogP contribution is -2.46. The van der Waals surface area contributed by atoms with E-state index in [1.807, 2.05) is 12.1 Å². The van der Waals surface area contributed by atoms with Crippen LogP contribution in [-0.2, 0) is 4.79 Å². The summed E-state index contributed by atoms with van der Waals surface area (Å²) in [6.07, 6.45) is 3.66. The van der Waals surface area contributed by atoms with E-state index < -0.39 is 5.97 Å². The van der Waals surface area contributed by atoms with Gasteiger partial charge in [-0.3, -0.25) is 9.69 Å². The highest BCUT2D eigenvalue weighted by atomic mass is 35.5. The minimum Gasteiger partial charge on any atom is -0.481 e. The van der Waals surface area contributed by atoms with E-state index in [0.29, 0.717) is 5.02 Å². The Morgan fingerprint density at radius 1 is 1.25 bits per heavy atom. The molecule has 1 aromatic rings. The number of carbonyl (C=O) groups is 1. The van der Waals surface area contributed by atoms with Crippen molar-refractivity contribution in [2.24, 2.45) is 0 Å². The number of piperazine rings is 1. The molecule has 20 heavy (non-hydrogen) atoms. The Morgan fingerprint density at radius 3 is 2.60 bits per heavy atom. The number of unbranched alkanes of at least 4 members (excludes halogenated alkanes) is 1. The molecule has 2 rings (SSSR count). The summed E-state index contributed by atoms with van der Waals surface area (Å²) in [4.78, 5) is 19.4. The van der Waals surface area contributed by atoms with E-state index in [2.05, 4.69) is 14.8 Å². The largest absolute Gasteiger partial charge is 0.481 e. The Kier molecular flexibility index (Phi) is 5.61. The second-order valence-electron chi connectivity index (χ2n) is 5.01. The molecule has 1 fully saturated rings. The molecule has 1 N–H and O–H groups in total. The molecule has 0 aromatic carbocycles. The van der Waals surface area contributed by atoms with Gasteiger partial charge < -0.3 is 10.0 Å². The monoisotopic (exact) mass is 297 g/mol. The number of rotatable bonds is 6. The summed E-state index contributed by atoms with van der Waals surface area (Å²) in [5.74, 6) is 0.267. The van der Waals surface area contributed by atoms with E-state index in [9.17, 15) is 4.79 Å². The highest BCUT2D eigenvalue weighted by Crippen LogP contribution is 2.16. The molecule has 0 radical (unpaired) electrons. The molecule has 0 aliphatic carbocycles. The lowest BCUT2D eigenvalue weighted by Gasteiger charge is -2.35. The number of aliphatic carboxylic acids is 1. The molecule has 1 saturated heterocycles. The van der Waals surface area contributed by atoms with E-state index in [-0.39, 0.29) is 6.42 Å². The summed E-state index contributed by atoms with van der Waals surface area (Å²) < 4.78 is 0. The maximum Gasteiger partial charge on any atom is 0.303 e. The summed E-state index contributed by atoms with van der Waals surface area (Å²) >= 11 is 5.84. The molecule has 1 aliphatic rings. The molecular weight excluding hydrogens is 278 g/mol. The van der Waals surface area contributed by atoms with Crippen molar-refractivity contribution in [1.82, 2.24) is 9.88 Å². The van der Waals surface area contributed by atoms with Crippen LogP contribution in [0, 0.1) is 0 Å². The topological polar surface area (TPSA) is 56.7 Å². The molecule has 5 nitrogen and oxygen atoms in total. The van der Waals surface area contributed by atoms with Crippen LogP contribution in [0.2, 0.25) is 5.02 Å². The molecule has 0 bridgehead atoms. The molecule has 0 spiro atoms. The molecule has 0 atom stereocenters. The van der Waals surface area contributed by atoms with Crippen molar-refractivity contribution in [3.05, 3.63) is 23.4 Å². The van der Waals surface area contributed by atoms with Crippen molar-refractivity contribution in [1.29, 1.82) is 0 Å². The summed E-state index contributed by atoms with van der Waals surface area (Å²) in [5, 5.41) is 9.25. The van der Waals surface area contributed by atoms with Crippen LogP contribution in [0.15, 0.2) is 18.3 Å². The van der Waals surface area contributed by atoms with Crippen molar-refractivity contribution in [2.45, 2.75) is 19.3 Å². The van der Waals surface area contributed by atoms with E-state index in [0.717, 1.165) is 51.4 Å². The predicted molar refractivity (Wildman–Crippen MR) is 79.4 cm³/mol. The fourth-order valence-corrected chi connectivity index (χ4v) is 2.48. The minimum atomic E-state index is -0.705. The van der Waals surface area contributed by atoms with Crippen LogP contribution in [0.5, 0.6) is 0 Å². The zero-order valence-corrected chi connectivity index (χ0v) is 12.2. The summed E-state index contributed by atoms with van der Waals surface area (Å²) in [5.41, 5.74) is 0. The second kappa shape index (κ2) is 7.45. The van der Waals surface area contributed by atoms with Gasteiger partial charge in [0.15, 0.2) is 0 Å². The Morgan fingerprint density at radius 2 is 2.00 bits per heavy atom. The van der Waals surface area contributed by atoms with Gasteiger partial charge >= 0.3 is 5.97 Å². The smallest absolute Gasteiger partial charge is 0.303 e. The molecule has 0 amide bonds. The molecule has 1 aromatic heterocycles. The van der Waals surface area contributed by atoms with Crippen molar-refractivity contribution in [2.75, 3.05) is 37.6 Å². The Balaban J connectivity index is 1.69. The van der Waals surface area contributed by atoms with E-state index >= 15 is 0 Å². The highest BCUT2D eigenvalue weighted by Gasteiger charge is 2.17. The van der Waals surface area contributed by atoms with Gasteiger partial charge in [0.1, 0.15) is 5.82 Å². The zero-order chi connectivity index (χ0) is 14.4. The number of nitrogens with zero attached hydrogens (tertiary/aromatic N) is 3. The molecule has 110 valence electrons. The Labute approximate surface area is 124 Å². The van der Waals surface area contributed by atoms with Crippen LogP contribution >= 0.6 is 11.6 Å². The maximum absolute atomic E-state index is 10.4. The number of pyridine rings is 1. The van der Waals surface area contributed by atoms with Crippen LogP contribution in [0.4, 0.5) is 5.82 Å². The molecule has 2 heterocycles. The fourth-order valence-electron chi connectivity index (χ4n) is 2.37. The van der Waals surface area contributed by atoms with Crippen molar-refractivity contribution < 1.29 is 9.90 Å². The SMILES string of the molecule is O=C(O)CCCCN1CCN(c2ccc(Cl)cn2)CC1. The number of carboxylic acids is 1. The first kappa shape index (κ1) is 15.1. The number of hydrogen-bond donors (Lipinski definition) is 1. The van der Waals surface area contributed by atoms with Gasteiger partial charge in [-0.25, -0.2) is 4.98 Å². The lowest BCUT2D eigenvalue weighted by molar-refractivity contribution is -0.137. The third-order valence-corrected chi connectivity index (χ3v) is 3.75. The van der Waals surface area contributed by atoms with Crippen LogP contribution in [-0.4, -0.2) is 53.7 Å². The quantitative estimate of drug-likeness (QED) is 0.815. The standard InChI is InChI=1S/C14H20ClN3O2/c15-12-4-5-13(16-11-12)18-9-7-17(8-10-18)6-2-1-3-14(19)20/h4-5,11H,1-3,6-10H2,(H,19,20). The van der Waals surface area contributed by atoms with Gasteiger partial charge in [-0.2, -0.15) is 0 Å². The van der Waals surface area contributed by atoms with Gasteiger partial charge in [0.2, 0.25) is 0 Å². The number of anilines is 1. The predicted octanol–water partition coefficient (Wildman–Crippen LogP) is 2.11. The lowest BCUT2D eigenvalue weighted by atomic mass is 10.2. The van der Waals surface area contributed by atoms with E-state index in [1.54, 1.807) is 6.20 Å². The summed E-state index contributed by atoms with van der Waals surface area (Å²) in [7, 11) is 0. The first-order chi connectivity index (χ1) is 9.65. The number of hydrogen-bond acceptors (Lipinski definition) is 4. The normalized spacial score (nSPS) is 16.4. The molecular formula is C14H20ClN3O2. The van der Waals surface area contributed by atoms with Crippen molar-refractivity contribution in [3.63, 3.8) is 0 Å². The molecule has 0 saturated carbocycles. The van der Waals surface area contributed by atoms with Gasteiger partial charge in [0, 0.05) is 38.8 Å². The third kappa shape index (κ3) is 4.65. The van der Waals surface area contributed by atoms with Crippen LogP contribution in [0.3, 0.4) is 0 Å².